The topological polar surface area (TPSA) is 72.2 Å². The average Bonchev–Trinajstić information content (AvgIpc) is 2.36. The Morgan fingerprint density at radius 2 is 1.65 bits per heavy atom. The van der Waals surface area contributed by atoms with Crippen LogP contribution in [0.1, 0.15) is 0 Å². The molecule has 2 rings (SSSR count). The van der Waals surface area contributed by atoms with E-state index >= 15 is 0 Å². The summed E-state index contributed by atoms with van der Waals surface area (Å²) in [6.07, 6.45) is 0. The molecule has 0 saturated carbocycles. The molecule has 0 unspecified atom stereocenters. The van der Waals surface area contributed by atoms with Gasteiger partial charge in [-0.15, -0.1) is 0 Å². The molecule has 2 aromatic carbocycles. The second-order valence-corrected chi connectivity index (χ2v) is 6.44. The maximum absolute atomic E-state index is 13.8. The zero-order valence-electron chi connectivity index (χ0n) is 9.90. The first-order chi connectivity index (χ1) is 9.29. The normalized spacial score (nSPS) is 11.3. The predicted molar refractivity (Wildman–Crippen MR) is 78.1 cm³/mol. The van der Waals surface area contributed by atoms with E-state index in [1.807, 2.05) is 0 Å². The highest BCUT2D eigenvalue weighted by Gasteiger charge is 2.22. The number of nitrogens with one attached hydrogen (secondary N) is 1. The van der Waals surface area contributed by atoms with E-state index in [4.69, 9.17) is 28.9 Å². The zero-order valence-corrected chi connectivity index (χ0v) is 12.2. The molecule has 0 atom stereocenters. The Balaban J connectivity index is 2.43. The van der Waals surface area contributed by atoms with Gasteiger partial charge in [-0.05, 0) is 36.4 Å². The molecule has 20 heavy (non-hydrogen) atoms. The van der Waals surface area contributed by atoms with Gasteiger partial charge in [-0.2, -0.15) is 0 Å². The third-order valence-corrected chi connectivity index (χ3v) is 4.27. The third kappa shape index (κ3) is 3.15. The molecule has 0 aliphatic heterocycles. The van der Waals surface area contributed by atoms with Gasteiger partial charge in [0.05, 0.1) is 5.69 Å². The van der Waals surface area contributed by atoms with Gasteiger partial charge < -0.3 is 5.73 Å². The lowest BCUT2D eigenvalue weighted by molar-refractivity contribution is 0.573. The van der Waals surface area contributed by atoms with Crippen LogP contribution in [0.4, 0.5) is 15.8 Å². The van der Waals surface area contributed by atoms with Gasteiger partial charge >= 0.3 is 0 Å². The Hall–Kier alpha value is -1.50. The summed E-state index contributed by atoms with van der Waals surface area (Å²) in [5.74, 6) is -1.05. The molecule has 2 aromatic rings. The van der Waals surface area contributed by atoms with Crippen LogP contribution in [0.15, 0.2) is 41.3 Å². The van der Waals surface area contributed by atoms with Gasteiger partial charge in [0.15, 0.2) is 5.82 Å². The molecule has 0 spiro atoms. The van der Waals surface area contributed by atoms with E-state index in [0.29, 0.717) is 5.02 Å². The summed E-state index contributed by atoms with van der Waals surface area (Å²) in [4.78, 5) is -0.613. The average molecular weight is 335 g/mol. The fourth-order valence-corrected chi connectivity index (χ4v) is 3.12. The minimum absolute atomic E-state index is 0.0281. The summed E-state index contributed by atoms with van der Waals surface area (Å²) >= 11 is 11.4. The summed E-state index contributed by atoms with van der Waals surface area (Å²) in [5.41, 5.74) is 5.27. The first kappa shape index (κ1) is 14.9. The highest BCUT2D eigenvalue weighted by Crippen LogP contribution is 2.27. The van der Waals surface area contributed by atoms with E-state index in [1.165, 1.54) is 24.3 Å². The number of halogens is 3. The van der Waals surface area contributed by atoms with Crippen molar-refractivity contribution in [2.75, 3.05) is 10.5 Å². The molecule has 0 heterocycles. The van der Waals surface area contributed by atoms with Crippen molar-refractivity contribution >= 4 is 44.6 Å². The lowest BCUT2D eigenvalue weighted by atomic mass is 10.3. The standard InChI is InChI=1S/C12H9Cl2FN2O2S/c13-7-1-3-9(4-2-7)17-20(18,19)11-6-8(14)5-10(16)12(11)15/h1-6,17H,16H2. The largest absolute Gasteiger partial charge is 0.396 e. The van der Waals surface area contributed by atoms with Crippen LogP contribution in [0.5, 0.6) is 0 Å². The quantitative estimate of drug-likeness (QED) is 0.843. The van der Waals surface area contributed by atoms with Gasteiger partial charge in [0.1, 0.15) is 4.90 Å². The maximum atomic E-state index is 13.8. The van der Waals surface area contributed by atoms with Crippen molar-refractivity contribution in [2.24, 2.45) is 0 Å². The minimum atomic E-state index is -4.13. The Bertz CT molecular complexity index is 749. The number of sulfonamides is 1. The molecule has 0 amide bonds. The van der Waals surface area contributed by atoms with E-state index < -0.39 is 20.7 Å². The van der Waals surface area contributed by atoms with Gasteiger partial charge in [0, 0.05) is 15.7 Å². The molecule has 0 bridgehead atoms. The molecule has 3 N–H and O–H groups in total. The third-order valence-electron chi connectivity index (χ3n) is 2.42. The molecule has 8 heteroatoms. The van der Waals surface area contributed by atoms with Crippen molar-refractivity contribution in [3.63, 3.8) is 0 Å². The number of benzene rings is 2. The van der Waals surface area contributed by atoms with E-state index in [0.717, 1.165) is 12.1 Å². The molecule has 0 aliphatic carbocycles. The summed E-state index contributed by atoms with van der Waals surface area (Å²) in [7, 11) is -4.13. The summed E-state index contributed by atoms with van der Waals surface area (Å²) in [5, 5.41) is 0.478. The number of hydrogen-bond acceptors (Lipinski definition) is 3. The summed E-state index contributed by atoms with van der Waals surface area (Å²) in [6, 6.07) is 8.03. The van der Waals surface area contributed by atoms with Gasteiger partial charge in [-0.3, -0.25) is 4.72 Å². The monoisotopic (exact) mass is 334 g/mol. The molecule has 4 nitrogen and oxygen atoms in total. The lowest BCUT2D eigenvalue weighted by Crippen LogP contribution is -2.15. The van der Waals surface area contributed by atoms with Gasteiger partial charge in [0.2, 0.25) is 0 Å². The smallest absolute Gasteiger partial charge is 0.264 e. The lowest BCUT2D eigenvalue weighted by Gasteiger charge is -2.10. The first-order valence-corrected chi connectivity index (χ1v) is 7.56. The first-order valence-electron chi connectivity index (χ1n) is 5.32. The zero-order chi connectivity index (χ0) is 14.9. The fourth-order valence-electron chi connectivity index (χ4n) is 1.51. The van der Waals surface area contributed by atoms with Crippen molar-refractivity contribution in [3.05, 3.63) is 52.3 Å². The molecule has 0 fully saturated rings. The second kappa shape index (κ2) is 5.47. The highest BCUT2D eigenvalue weighted by molar-refractivity contribution is 7.92. The minimum Gasteiger partial charge on any atom is -0.396 e. The van der Waals surface area contributed by atoms with Crippen LogP contribution in [-0.4, -0.2) is 8.42 Å². The molecular weight excluding hydrogens is 326 g/mol. The van der Waals surface area contributed by atoms with Crippen LogP contribution >= 0.6 is 23.2 Å². The number of rotatable bonds is 3. The Morgan fingerprint density at radius 3 is 2.25 bits per heavy atom. The maximum Gasteiger partial charge on any atom is 0.264 e. The molecule has 0 aromatic heterocycles. The van der Waals surface area contributed by atoms with Gasteiger partial charge in [0.25, 0.3) is 10.0 Å². The second-order valence-electron chi connectivity index (χ2n) is 3.92. The number of hydrogen-bond donors (Lipinski definition) is 2. The Kier molecular flexibility index (Phi) is 4.08. The van der Waals surface area contributed by atoms with Crippen molar-refractivity contribution in [3.8, 4) is 0 Å². The van der Waals surface area contributed by atoms with Gasteiger partial charge in [-0.1, -0.05) is 23.2 Å². The molecule has 106 valence electrons. The summed E-state index contributed by atoms with van der Waals surface area (Å²) < 4.78 is 40.3. The predicted octanol–water partition coefficient (Wildman–Crippen LogP) is 3.52. The van der Waals surface area contributed by atoms with Crippen LogP contribution in [0.3, 0.4) is 0 Å². The Morgan fingerprint density at radius 1 is 1.05 bits per heavy atom. The van der Waals surface area contributed by atoms with Crippen molar-refractivity contribution in [2.45, 2.75) is 4.90 Å². The van der Waals surface area contributed by atoms with E-state index in [2.05, 4.69) is 4.72 Å². The SMILES string of the molecule is Nc1cc(Cl)cc(S(=O)(=O)Nc2ccc(Cl)cc2)c1F. The van der Waals surface area contributed by atoms with Crippen molar-refractivity contribution in [1.29, 1.82) is 0 Å². The van der Waals surface area contributed by atoms with Crippen LogP contribution in [0.25, 0.3) is 0 Å². The van der Waals surface area contributed by atoms with Crippen LogP contribution in [-0.2, 0) is 10.0 Å². The Labute approximate surface area is 125 Å². The van der Waals surface area contributed by atoms with Crippen LogP contribution in [0, 0.1) is 5.82 Å². The van der Waals surface area contributed by atoms with Gasteiger partial charge in [-0.25, -0.2) is 12.8 Å². The van der Waals surface area contributed by atoms with E-state index in [9.17, 15) is 12.8 Å². The van der Waals surface area contributed by atoms with Crippen LogP contribution < -0.4 is 10.5 Å². The fraction of sp³-hybridized carbons (Fsp3) is 0. The molecular formula is C12H9Cl2FN2O2S. The van der Waals surface area contributed by atoms with E-state index in [-0.39, 0.29) is 16.4 Å². The number of nitrogens with two attached hydrogens (primary N) is 1. The molecule has 0 radical (unpaired) electrons. The van der Waals surface area contributed by atoms with Crippen molar-refractivity contribution < 1.29 is 12.8 Å². The number of anilines is 2. The molecule has 0 saturated heterocycles. The highest BCUT2D eigenvalue weighted by atomic mass is 35.5. The van der Waals surface area contributed by atoms with E-state index in [1.54, 1.807) is 0 Å². The van der Waals surface area contributed by atoms with Crippen LogP contribution in [0.2, 0.25) is 10.0 Å². The molecule has 0 aliphatic rings. The number of nitrogen functional groups attached to an aromatic ring is 1. The van der Waals surface area contributed by atoms with Crippen molar-refractivity contribution in [1.82, 2.24) is 0 Å². The summed E-state index contributed by atoms with van der Waals surface area (Å²) in [6.45, 7) is 0.